The van der Waals surface area contributed by atoms with Crippen LogP contribution in [0, 0.1) is 11.3 Å². The van der Waals surface area contributed by atoms with Crippen molar-refractivity contribution in [3.63, 3.8) is 0 Å². The van der Waals surface area contributed by atoms with Gasteiger partial charge in [-0.15, -0.1) is 0 Å². The SMILES string of the molecule is CC1(C)C2OCCCC2C1(N)CN. The molecule has 0 aromatic heterocycles. The molecule has 1 saturated carbocycles. The molecular weight excluding hydrogens is 164 g/mol. The van der Waals surface area contributed by atoms with Crippen LogP contribution in [0.25, 0.3) is 0 Å². The number of fused-ring (bicyclic) bond motifs is 1. The lowest BCUT2D eigenvalue weighted by molar-refractivity contribution is -0.223. The molecule has 3 unspecified atom stereocenters. The summed E-state index contributed by atoms with van der Waals surface area (Å²) in [6.45, 7) is 5.81. The van der Waals surface area contributed by atoms with E-state index in [1.807, 2.05) is 0 Å². The summed E-state index contributed by atoms with van der Waals surface area (Å²) < 4.78 is 5.75. The molecule has 76 valence electrons. The highest BCUT2D eigenvalue weighted by atomic mass is 16.5. The molecule has 1 aliphatic carbocycles. The van der Waals surface area contributed by atoms with Crippen LogP contribution < -0.4 is 11.5 Å². The van der Waals surface area contributed by atoms with Crippen LogP contribution in [-0.2, 0) is 4.74 Å². The maximum Gasteiger partial charge on any atom is 0.0690 e. The molecule has 0 bridgehead atoms. The molecule has 0 amide bonds. The lowest BCUT2D eigenvalue weighted by Gasteiger charge is -2.66. The normalized spacial score (nSPS) is 48.0. The van der Waals surface area contributed by atoms with E-state index in [1.165, 1.54) is 6.42 Å². The Hall–Kier alpha value is -0.120. The Morgan fingerprint density at radius 2 is 2.15 bits per heavy atom. The quantitative estimate of drug-likeness (QED) is 0.623. The fourth-order valence-corrected chi connectivity index (χ4v) is 3.08. The summed E-state index contributed by atoms with van der Waals surface area (Å²) in [5.41, 5.74) is 12.0. The van der Waals surface area contributed by atoms with E-state index in [0.717, 1.165) is 13.0 Å². The second-order valence-electron chi connectivity index (χ2n) is 5.01. The van der Waals surface area contributed by atoms with Crippen molar-refractivity contribution in [1.29, 1.82) is 0 Å². The predicted octanol–water partition coefficient (Wildman–Crippen LogP) is 0.478. The summed E-state index contributed by atoms with van der Waals surface area (Å²) in [6.07, 6.45) is 2.66. The fraction of sp³-hybridized carbons (Fsp3) is 1.00. The molecule has 1 saturated heterocycles. The topological polar surface area (TPSA) is 61.3 Å². The first-order valence-electron chi connectivity index (χ1n) is 5.14. The maximum absolute atomic E-state index is 6.33. The van der Waals surface area contributed by atoms with Crippen molar-refractivity contribution >= 4 is 0 Å². The second kappa shape index (κ2) is 2.69. The molecule has 2 rings (SSSR count). The molecule has 3 atom stereocenters. The first-order valence-corrected chi connectivity index (χ1v) is 5.14. The zero-order valence-electron chi connectivity index (χ0n) is 8.55. The summed E-state index contributed by atoms with van der Waals surface area (Å²) in [4.78, 5) is 0. The minimum absolute atomic E-state index is 0.0484. The summed E-state index contributed by atoms with van der Waals surface area (Å²) in [5, 5.41) is 0. The van der Waals surface area contributed by atoms with Crippen LogP contribution >= 0.6 is 0 Å². The van der Waals surface area contributed by atoms with Gasteiger partial charge in [-0.05, 0) is 12.8 Å². The van der Waals surface area contributed by atoms with E-state index in [2.05, 4.69) is 13.8 Å². The highest BCUT2D eigenvalue weighted by molar-refractivity contribution is 5.20. The van der Waals surface area contributed by atoms with Crippen molar-refractivity contribution in [1.82, 2.24) is 0 Å². The lowest BCUT2D eigenvalue weighted by Crippen LogP contribution is -2.80. The molecule has 2 fully saturated rings. The Balaban J connectivity index is 2.21. The average molecular weight is 184 g/mol. The molecule has 1 heterocycles. The maximum atomic E-state index is 6.33. The van der Waals surface area contributed by atoms with E-state index >= 15 is 0 Å². The van der Waals surface area contributed by atoms with Gasteiger partial charge in [-0.3, -0.25) is 0 Å². The number of ether oxygens (including phenoxy) is 1. The minimum Gasteiger partial charge on any atom is -0.377 e. The number of hydrogen-bond acceptors (Lipinski definition) is 3. The number of nitrogens with two attached hydrogens (primary N) is 2. The molecule has 4 N–H and O–H groups in total. The van der Waals surface area contributed by atoms with Crippen LogP contribution in [0.5, 0.6) is 0 Å². The Morgan fingerprint density at radius 1 is 1.46 bits per heavy atom. The monoisotopic (exact) mass is 184 g/mol. The number of rotatable bonds is 1. The van der Waals surface area contributed by atoms with E-state index in [0.29, 0.717) is 18.6 Å². The molecule has 0 spiro atoms. The van der Waals surface area contributed by atoms with Gasteiger partial charge in [0.25, 0.3) is 0 Å². The molecule has 2 aliphatic rings. The summed E-state index contributed by atoms with van der Waals surface area (Å²) >= 11 is 0. The van der Waals surface area contributed by atoms with Gasteiger partial charge in [0.2, 0.25) is 0 Å². The highest BCUT2D eigenvalue weighted by Gasteiger charge is 2.65. The Kier molecular flexibility index (Phi) is 1.95. The van der Waals surface area contributed by atoms with E-state index in [1.54, 1.807) is 0 Å². The van der Waals surface area contributed by atoms with Gasteiger partial charge in [-0.25, -0.2) is 0 Å². The standard InChI is InChI=1S/C10H20N2O/c1-9(2)8-7(4-3-5-13-8)10(9,12)6-11/h7-8H,3-6,11-12H2,1-2H3. The zero-order valence-corrected chi connectivity index (χ0v) is 8.55. The van der Waals surface area contributed by atoms with Crippen molar-refractivity contribution in [3.8, 4) is 0 Å². The summed E-state index contributed by atoms with van der Waals surface area (Å²) in [5.74, 6) is 0.487. The predicted molar refractivity (Wildman–Crippen MR) is 52.2 cm³/mol. The molecule has 3 heteroatoms. The van der Waals surface area contributed by atoms with E-state index in [4.69, 9.17) is 16.2 Å². The van der Waals surface area contributed by atoms with Gasteiger partial charge in [0.05, 0.1) is 6.10 Å². The van der Waals surface area contributed by atoms with Crippen LogP contribution in [0.15, 0.2) is 0 Å². The van der Waals surface area contributed by atoms with Gasteiger partial charge in [-0.1, -0.05) is 13.8 Å². The van der Waals surface area contributed by atoms with Crippen molar-refractivity contribution in [3.05, 3.63) is 0 Å². The molecule has 3 nitrogen and oxygen atoms in total. The average Bonchev–Trinajstić information content (AvgIpc) is 2.16. The van der Waals surface area contributed by atoms with Crippen LogP contribution in [0.3, 0.4) is 0 Å². The van der Waals surface area contributed by atoms with Gasteiger partial charge in [-0.2, -0.15) is 0 Å². The van der Waals surface area contributed by atoms with E-state index < -0.39 is 0 Å². The molecule has 0 radical (unpaired) electrons. The highest BCUT2D eigenvalue weighted by Crippen LogP contribution is 2.56. The van der Waals surface area contributed by atoms with Crippen molar-refractivity contribution in [2.75, 3.05) is 13.2 Å². The summed E-state index contributed by atoms with van der Waals surface area (Å²) in [6, 6.07) is 0. The fourth-order valence-electron chi connectivity index (χ4n) is 3.08. The minimum atomic E-state index is -0.196. The van der Waals surface area contributed by atoms with Crippen molar-refractivity contribution in [2.24, 2.45) is 22.8 Å². The van der Waals surface area contributed by atoms with Crippen molar-refractivity contribution in [2.45, 2.75) is 38.3 Å². The van der Waals surface area contributed by atoms with Crippen molar-refractivity contribution < 1.29 is 4.74 Å². The Bertz CT molecular complexity index is 217. The Morgan fingerprint density at radius 3 is 2.77 bits per heavy atom. The third-order valence-corrected chi connectivity index (χ3v) is 4.23. The van der Waals surface area contributed by atoms with E-state index in [-0.39, 0.29) is 11.0 Å². The second-order valence-corrected chi connectivity index (χ2v) is 5.01. The van der Waals surface area contributed by atoms with Crippen LogP contribution in [0.2, 0.25) is 0 Å². The first-order chi connectivity index (χ1) is 6.04. The zero-order chi connectivity index (χ0) is 9.69. The number of hydrogen-bond donors (Lipinski definition) is 2. The van der Waals surface area contributed by atoms with Crippen LogP contribution in [0.4, 0.5) is 0 Å². The van der Waals surface area contributed by atoms with Gasteiger partial charge < -0.3 is 16.2 Å². The molecule has 13 heavy (non-hydrogen) atoms. The largest absolute Gasteiger partial charge is 0.377 e. The lowest BCUT2D eigenvalue weighted by atomic mass is 9.46. The molecular formula is C10H20N2O. The Labute approximate surface area is 79.8 Å². The third-order valence-electron chi connectivity index (χ3n) is 4.23. The van der Waals surface area contributed by atoms with Crippen LogP contribution in [0.1, 0.15) is 26.7 Å². The van der Waals surface area contributed by atoms with Crippen LogP contribution in [-0.4, -0.2) is 24.8 Å². The van der Waals surface area contributed by atoms with Gasteiger partial charge in [0.1, 0.15) is 0 Å². The van der Waals surface area contributed by atoms with E-state index in [9.17, 15) is 0 Å². The smallest absolute Gasteiger partial charge is 0.0690 e. The third kappa shape index (κ3) is 0.953. The molecule has 0 aromatic rings. The van der Waals surface area contributed by atoms with Gasteiger partial charge >= 0.3 is 0 Å². The van der Waals surface area contributed by atoms with Gasteiger partial charge in [0.15, 0.2) is 0 Å². The molecule has 0 aromatic carbocycles. The van der Waals surface area contributed by atoms with Gasteiger partial charge in [0, 0.05) is 30.0 Å². The first kappa shape index (κ1) is 9.44. The molecule has 1 aliphatic heterocycles. The summed E-state index contributed by atoms with van der Waals surface area (Å²) in [7, 11) is 0.